The van der Waals surface area contributed by atoms with Crippen LogP contribution in [0.5, 0.6) is 0 Å². The predicted molar refractivity (Wildman–Crippen MR) is 106 cm³/mol. The van der Waals surface area contributed by atoms with Crippen LogP contribution < -0.4 is 5.32 Å². The summed E-state index contributed by atoms with van der Waals surface area (Å²) < 4.78 is 5.58. The molecule has 3 aliphatic rings. The smallest absolute Gasteiger partial charge is 0.329 e. The molecule has 166 valence electrons. The Morgan fingerprint density at radius 1 is 1.13 bits per heavy atom. The highest BCUT2D eigenvalue weighted by atomic mass is 16.5. The number of rotatable bonds is 9. The number of nitrogens with one attached hydrogen (secondary N) is 1. The van der Waals surface area contributed by atoms with E-state index in [4.69, 9.17) is 9.84 Å². The lowest BCUT2D eigenvalue weighted by molar-refractivity contribution is -0.154. The lowest BCUT2D eigenvalue weighted by atomic mass is 9.74. The third-order valence-corrected chi connectivity index (χ3v) is 7.07. The van der Waals surface area contributed by atoms with E-state index in [0.717, 1.165) is 12.8 Å². The molecule has 1 unspecified atom stereocenters. The number of ether oxygens (including phenoxy) is 1. The van der Waals surface area contributed by atoms with Gasteiger partial charge in [-0.1, -0.05) is 26.3 Å². The lowest BCUT2D eigenvalue weighted by Gasteiger charge is -2.34. The van der Waals surface area contributed by atoms with Crippen molar-refractivity contribution >= 4 is 23.8 Å². The third kappa shape index (κ3) is 4.37. The van der Waals surface area contributed by atoms with Gasteiger partial charge in [0.25, 0.3) is 0 Å². The largest absolute Gasteiger partial charge is 0.481 e. The van der Waals surface area contributed by atoms with Gasteiger partial charge >= 0.3 is 17.9 Å². The number of carboxylic acids is 2. The quantitative estimate of drug-likeness (QED) is 0.488. The standard InChI is InChI=1S/C22H31NO7/c1-3-12-9-15-14(5-6-17(15)30-19(26)8-7-18(24)25)16(10-12)20(27)23-22(21(28)29)11-13(22)4-2/h10,12-15,17H,3-9,11H2,1-2H3,(H,23,27)(H,24,25)(H,28,29)/t12-,13+,14+,15+,17?,22+/m1/s1. The van der Waals surface area contributed by atoms with Crippen molar-refractivity contribution < 1.29 is 34.1 Å². The van der Waals surface area contributed by atoms with Crippen molar-refractivity contribution in [3.05, 3.63) is 11.6 Å². The van der Waals surface area contributed by atoms with Gasteiger partial charge in [-0.2, -0.15) is 0 Å². The topological polar surface area (TPSA) is 130 Å². The molecule has 3 rings (SSSR count). The minimum atomic E-state index is -1.16. The molecule has 6 atom stereocenters. The number of carboxylic acid groups (broad SMARTS) is 2. The van der Waals surface area contributed by atoms with E-state index in [1.54, 1.807) is 0 Å². The van der Waals surface area contributed by atoms with E-state index in [2.05, 4.69) is 5.32 Å². The molecule has 30 heavy (non-hydrogen) atoms. The summed E-state index contributed by atoms with van der Waals surface area (Å²) in [5.74, 6) is -2.84. The Kier molecular flexibility index (Phi) is 6.53. The fourth-order valence-corrected chi connectivity index (χ4v) is 5.21. The minimum absolute atomic E-state index is 0.00330. The molecule has 0 aliphatic heterocycles. The van der Waals surface area contributed by atoms with Crippen LogP contribution >= 0.6 is 0 Å². The van der Waals surface area contributed by atoms with Crippen molar-refractivity contribution in [2.45, 2.75) is 76.9 Å². The summed E-state index contributed by atoms with van der Waals surface area (Å²) >= 11 is 0. The molecular weight excluding hydrogens is 390 g/mol. The monoisotopic (exact) mass is 421 g/mol. The number of hydrogen-bond acceptors (Lipinski definition) is 5. The summed E-state index contributed by atoms with van der Waals surface area (Å²) in [6.07, 6.45) is 5.31. The second-order valence-electron chi connectivity index (χ2n) is 8.84. The summed E-state index contributed by atoms with van der Waals surface area (Å²) in [6, 6.07) is 0. The van der Waals surface area contributed by atoms with E-state index in [1.165, 1.54) is 0 Å². The number of carbonyl (C=O) groups is 4. The number of hydrogen-bond donors (Lipinski definition) is 3. The molecule has 1 amide bonds. The second kappa shape index (κ2) is 8.78. The molecule has 0 saturated heterocycles. The molecule has 8 heteroatoms. The first-order valence-electron chi connectivity index (χ1n) is 10.9. The number of amides is 1. The first kappa shape index (κ1) is 22.3. The van der Waals surface area contributed by atoms with Gasteiger partial charge in [0.05, 0.1) is 12.8 Å². The van der Waals surface area contributed by atoms with E-state index in [-0.39, 0.29) is 48.5 Å². The number of allylic oxidation sites excluding steroid dienone is 1. The van der Waals surface area contributed by atoms with Gasteiger partial charge in [-0.25, -0.2) is 4.79 Å². The normalized spacial score (nSPS) is 34.5. The summed E-state index contributed by atoms with van der Waals surface area (Å²) in [4.78, 5) is 47.6. The zero-order valence-electron chi connectivity index (χ0n) is 17.6. The Hall–Kier alpha value is -2.38. The fraction of sp³-hybridized carbons (Fsp3) is 0.727. The summed E-state index contributed by atoms with van der Waals surface area (Å²) in [7, 11) is 0. The molecule has 0 aromatic heterocycles. The molecule has 2 saturated carbocycles. The molecular formula is C22H31NO7. The predicted octanol–water partition coefficient (Wildman–Crippen LogP) is 2.51. The maximum Gasteiger partial charge on any atom is 0.329 e. The van der Waals surface area contributed by atoms with Crippen LogP contribution in [0.4, 0.5) is 0 Å². The first-order valence-corrected chi connectivity index (χ1v) is 10.9. The molecule has 8 nitrogen and oxygen atoms in total. The molecule has 3 N–H and O–H groups in total. The van der Waals surface area contributed by atoms with Crippen molar-refractivity contribution in [1.82, 2.24) is 5.32 Å². The van der Waals surface area contributed by atoms with Crippen LogP contribution in [0.2, 0.25) is 0 Å². The van der Waals surface area contributed by atoms with E-state index in [9.17, 15) is 24.3 Å². The van der Waals surface area contributed by atoms with Gasteiger partial charge in [-0.05, 0) is 49.9 Å². The Morgan fingerprint density at radius 3 is 2.43 bits per heavy atom. The Labute approximate surface area is 176 Å². The van der Waals surface area contributed by atoms with Gasteiger partial charge < -0.3 is 20.3 Å². The highest BCUT2D eigenvalue weighted by molar-refractivity contribution is 5.99. The van der Waals surface area contributed by atoms with E-state index in [0.29, 0.717) is 31.3 Å². The zero-order valence-corrected chi connectivity index (χ0v) is 17.6. The van der Waals surface area contributed by atoms with Crippen LogP contribution in [0.25, 0.3) is 0 Å². The SMILES string of the molecule is CC[C@H]1C=C(C(=O)N[C@@]2(C(=O)O)C[C@@H]2CC)[C@H]2CCC(OC(=O)CCC(=O)O)[C@H]2C1. The van der Waals surface area contributed by atoms with Crippen LogP contribution in [0.1, 0.15) is 65.2 Å². The van der Waals surface area contributed by atoms with Crippen LogP contribution in [0, 0.1) is 23.7 Å². The van der Waals surface area contributed by atoms with Crippen LogP contribution in [0.15, 0.2) is 11.6 Å². The van der Waals surface area contributed by atoms with Gasteiger partial charge in [-0.3, -0.25) is 14.4 Å². The van der Waals surface area contributed by atoms with Crippen molar-refractivity contribution in [2.75, 3.05) is 0 Å². The van der Waals surface area contributed by atoms with Crippen molar-refractivity contribution in [2.24, 2.45) is 23.7 Å². The highest BCUT2D eigenvalue weighted by Gasteiger charge is 2.61. The van der Waals surface area contributed by atoms with Gasteiger partial charge in [0.1, 0.15) is 11.6 Å². The minimum Gasteiger partial charge on any atom is -0.481 e. The lowest BCUT2D eigenvalue weighted by Crippen LogP contribution is -2.47. The molecule has 0 heterocycles. The molecule has 0 aromatic carbocycles. The first-order chi connectivity index (χ1) is 14.2. The van der Waals surface area contributed by atoms with Crippen LogP contribution in [-0.4, -0.2) is 45.7 Å². The summed E-state index contributed by atoms with van der Waals surface area (Å²) in [5.41, 5.74) is -0.549. The maximum absolute atomic E-state index is 13.1. The number of carbonyl (C=O) groups excluding carboxylic acids is 2. The second-order valence-corrected chi connectivity index (χ2v) is 8.84. The van der Waals surface area contributed by atoms with Crippen LogP contribution in [-0.2, 0) is 23.9 Å². The van der Waals surface area contributed by atoms with E-state index < -0.39 is 23.4 Å². The fourth-order valence-electron chi connectivity index (χ4n) is 5.21. The average molecular weight is 421 g/mol. The molecule has 0 radical (unpaired) electrons. The van der Waals surface area contributed by atoms with Crippen molar-refractivity contribution in [3.8, 4) is 0 Å². The van der Waals surface area contributed by atoms with Gasteiger partial charge in [0.15, 0.2) is 0 Å². The van der Waals surface area contributed by atoms with Gasteiger partial charge in [0, 0.05) is 11.5 Å². The third-order valence-electron chi connectivity index (χ3n) is 7.07. The van der Waals surface area contributed by atoms with E-state index >= 15 is 0 Å². The Balaban J connectivity index is 1.71. The van der Waals surface area contributed by atoms with Crippen molar-refractivity contribution in [1.29, 1.82) is 0 Å². The Bertz CT molecular complexity index is 761. The molecule has 0 bridgehead atoms. The molecule has 2 fully saturated rings. The summed E-state index contributed by atoms with van der Waals surface area (Å²) in [5, 5.41) is 21.2. The Morgan fingerprint density at radius 2 is 1.87 bits per heavy atom. The van der Waals surface area contributed by atoms with Gasteiger partial charge in [0.2, 0.25) is 5.91 Å². The summed E-state index contributed by atoms with van der Waals surface area (Å²) in [6.45, 7) is 3.96. The maximum atomic E-state index is 13.1. The molecule has 0 aromatic rings. The molecule has 0 spiro atoms. The van der Waals surface area contributed by atoms with Crippen molar-refractivity contribution in [3.63, 3.8) is 0 Å². The van der Waals surface area contributed by atoms with Gasteiger partial charge in [-0.15, -0.1) is 0 Å². The number of aliphatic carboxylic acids is 2. The molecule has 3 aliphatic carbocycles. The zero-order chi connectivity index (χ0) is 22.1. The van der Waals surface area contributed by atoms with Crippen LogP contribution in [0.3, 0.4) is 0 Å². The number of fused-ring (bicyclic) bond motifs is 1. The van der Waals surface area contributed by atoms with E-state index in [1.807, 2.05) is 19.9 Å². The average Bonchev–Trinajstić information content (AvgIpc) is 3.29. The highest BCUT2D eigenvalue weighted by Crippen LogP contribution is 2.49. The number of esters is 1.